The topological polar surface area (TPSA) is 69.6 Å². The summed E-state index contributed by atoms with van der Waals surface area (Å²) in [6.45, 7) is 2.65. The standard InChI is InChI=1S/C14H18N2O3S/c1-8-10-5-7-20-11(10)4-6-16(8)14(19)15-12(13(17)18)9-2-3-9/h5,7-9,12H,2-4,6H2,1H3,(H,15,19)(H,17,18). The van der Waals surface area contributed by atoms with E-state index in [-0.39, 0.29) is 18.0 Å². The Balaban J connectivity index is 1.70. The van der Waals surface area contributed by atoms with E-state index in [0.29, 0.717) is 6.54 Å². The van der Waals surface area contributed by atoms with Gasteiger partial charge in [0.1, 0.15) is 6.04 Å². The summed E-state index contributed by atoms with van der Waals surface area (Å²) >= 11 is 1.72. The first-order valence-electron chi connectivity index (χ1n) is 6.94. The molecule has 0 spiro atoms. The highest BCUT2D eigenvalue weighted by atomic mass is 32.1. The molecular weight excluding hydrogens is 276 g/mol. The number of rotatable bonds is 3. The molecule has 1 fully saturated rings. The average molecular weight is 294 g/mol. The fraction of sp³-hybridized carbons (Fsp3) is 0.571. The number of amides is 2. The van der Waals surface area contributed by atoms with Gasteiger partial charge >= 0.3 is 12.0 Å². The van der Waals surface area contributed by atoms with Crippen molar-refractivity contribution in [3.8, 4) is 0 Å². The van der Waals surface area contributed by atoms with Gasteiger partial charge in [-0.15, -0.1) is 11.3 Å². The molecule has 2 aliphatic rings. The van der Waals surface area contributed by atoms with E-state index >= 15 is 0 Å². The van der Waals surface area contributed by atoms with Crippen LogP contribution in [0.3, 0.4) is 0 Å². The Labute approximate surface area is 121 Å². The van der Waals surface area contributed by atoms with Crippen LogP contribution in [0.2, 0.25) is 0 Å². The van der Waals surface area contributed by atoms with Crippen LogP contribution < -0.4 is 5.32 Å². The highest BCUT2D eigenvalue weighted by Crippen LogP contribution is 2.35. The molecule has 2 unspecified atom stereocenters. The van der Waals surface area contributed by atoms with Crippen LogP contribution >= 0.6 is 11.3 Å². The number of hydrogen-bond acceptors (Lipinski definition) is 3. The normalized spacial score (nSPS) is 23.1. The van der Waals surface area contributed by atoms with Gasteiger partial charge in [-0.3, -0.25) is 0 Å². The lowest BCUT2D eigenvalue weighted by atomic mass is 10.0. The van der Waals surface area contributed by atoms with Crippen LogP contribution in [0.25, 0.3) is 0 Å². The van der Waals surface area contributed by atoms with Gasteiger partial charge in [0.25, 0.3) is 0 Å². The van der Waals surface area contributed by atoms with Crippen LogP contribution in [0.15, 0.2) is 11.4 Å². The van der Waals surface area contributed by atoms with E-state index in [2.05, 4.69) is 11.4 Å². The van der Waals surface area contributed by atoms with Crippen molar-refractivity contribution in [1.29, 1.82) is 0 Å². The quantitative estimate of drug-likeness (QED) is 0.898. The van der Waals surface area contributed by atoms with Gasteiger partial charge in [0.05, 0.1) is 6.04 Å². The summed E-state index contributed by atoms with van der Waals surface area (Å²) in [7, 11) is 0. The number of carboxylic acid groups (broad SMARTS) is 1. The lowest BCUT2D eigenvalue weighted by molar-refractivity contribution is -0.139. The molecule has 0 saturated heterocycles. The van der Waals surface area contributed by atoms with Crippen LogP contribution in [0, 0.1) is 5.92 Å². The van der Waals surface area contributed by atoms with E-state index in [4.69, 9.17) is 0 Å². The van der Waals surface area contributed by atoms with E-state index in [0.717, 1.165) is 19.3 Å². The number of carboxylic acids is 1. The molecule has 3 rings (SSSR count). The van der Waals surface area contributed by atoms with Crippen molar-refractivity contribution in [1.82, 2.24) is 10.2 Å². The van der Waals surface area contributed by atoms with Gasteiger partial charge in [-0.25, -0.2) is 9.59 Å². The zero-order valence-corrected chi connectivity index (χ0v) is 12.2. The summed E-state index contributed by atoms with van der Waals surface area (Å²) in [4.78, 5) is 26.6. The minimum atomic E-state index is -0.929. The number of hydrogen-bond donors (Lipinski definition) is 2. The molecule has 2 amide bonds. The largest absolute Gasteiger partial charge is 0.480 e. The van der Waals surface area contributed by atoms with Gasteiger partial charge in [0.2, 0.25) is 0 Å². The molecular formula is C14H18N2O3S. The first kappa shape index (κ1) is 13.4. The highest BCUT2D eigenvalue weighted by molar-refractivity contribution is 7.10. The molecule has 1 saturated carbocycles. The monoisotopic (exact) mass is 294 g/mol. The lowest BCUT2D eigenvalue weighted by Crippen LogP contribution is -2.51. The Hall–Kier alpha value is -1.56. The highest BCUT2D eigenvalue weighted by Gasteiger charge is 2.39. The summed E-state index contributed by atoms with van der Waals surface area (Å²) in [5.41, 5.74) is 1.19. The van der Waals surface area contributed by atoms with Gasteiger partial charge in [-0.2, -0.15) is 0 Å². The minimum Gasteiger partial charge on any atom is -0.480 e. The van der Waals surface area contributed by atoms with Gasteiger partial charge in [-0.1, -0.05) is 0 Å². The molecule has 1 aromatic heterocycles. The molecule has 2 atom stereocenters. The molecule has 1 aromatic rings. The molecule has 108 valence electrons. The Bertz CT molecular complexity index is 538. The Morgan fingerprint density at radius 2 is 2.25 bits per heavy atom. The molecule has 2 heterocycles. The molecule has 1 aliphatic heterocycles. The van der Waals surface area contributed by atoms with E-state index in [1.807, 2.05) is 12.3 Å². The minimum absolute atomic E-state index is 0.0126. The van der Waals surface area contributed by atoms with Gasteiger partial charge in [-0.05, 0) is 49.1 Å². The summed E-state index contributed by atoms with van der Waals surface area (Å²) < 4.78 is 0. The Kier molecular flexibility index (Phi) is 3.41. The second-order valence-corrected chi connectivity index (χ2v) is 6.52. The lowest BCUT2D eigenvalue weighted by Gasteiger charge is -2.34. The maximum atomic E-state index is 12.3. The fourth-order valence-corrected chi connectivity index (χ4v) is 3.78. The van der Waals surface area contributed by atoms with Gasteiger partial charge in [0, 0.05) is 11.4 Å². The van der Waals surface area contributed by atoms with Crippen LogP contribution in [-0.2, 0) is 11.2 Å². The van der Waals surface area contributed by atoms with E-state index in [1.54, 1.807) is 16.2 Å². The van der Waals surface area contributed by atoms with Crippen molar-refractivity contribution in [2.75, 3.05) is 6.54 Å². The van der Waals surface area contributed by atoms with E-state index in [1.165, 1.54) is 10.4 Å². The number of nitrogens with zero attached hydrogens (tertiary/aromatic N) is 1. The number of fused-ring (bicyclic) bond motifs is 1. The third-order valence-electron chi connectivity index (χ3n) is 4.18. The van der Waals surface area contributed by atoms with Crippen LogP contribution in [0.4, 0.5) is 4.79 Å². The van der Waals surface area contributed by atoms with Crippen LogP contribution in [-0.4, -0.2) is 34.6 Å². The number of nitrogens with one attached hydrogen (secondary N) is 1. The first-order valence-corrected chi connectivity index (χ1v) is 7.82. The zero-order chi connectivity index (χ0) is 14.3. The first-order chi connectivity index (χ1) is 9.58. The molecule has 0 aromatic carbocycles. The molecule has 20 heavy (non-hydrogen) atoms. The molecule has 0 bridgehead atoms. The van der Waals surface area contributed by atoms with Crippen LogP contribution in [0.5, 0.6) is 0 Å². The maximum Gasteiger partial charge on any atom is 0.326 e. The van der Waals surface area contributed by atoms with Crippen molar-refractivity contribution in [2.24, 2.45) is 5.92 Å². The molecule has 1 aliphatic carbocycles. The zero-order valence-electron chi connectivity index (χ0n) is 11.3. The summed E-state index contributed by atoms with van der Waals surface area (Å²) in [6.07, 6.45) is 2.63. The maximum absolute atomic E-state index is 12.3. The van der Waals surface area contributed by atoms with Crippen molar-refractivity contribution in [2.45, 2.75) is 38.3 Å². The average Bonchev–Trinajstić information content (AvgIpc) is 3.12. The third-order valence-corrected chi connectivity index (χ3v) is 5.17. The number of carbonyl (C=O) groups is 2. The van der Waals surface area contributed by atoms with Crippen molar-refractivity contribution < 1.29 is 14.7 Å². The predicted molar refractivity (Wildman–Crippen MR) is 75.8 cm³/mol. The second-order valence-electron chi connectivity index (χ2n) is 5.52. The van der Waals surface area contributed by atoms with E-state index in [9.17, 15) is 14.7 Å². The predicted octanol–water partition coefficient (Wildman–Crippen LogP) is 2.24. The summed E-state index contributed by atoms with van der Waals surface area (Å²) in [5, 5.41) is 13.9. The molecule has 6 heteroatoms. The third kappa shape index (κ3) is 2.40. The molecule has 2 N–H and O–H groups in total. The summed E-state index contributed by atoms with van der Waals surface area (Å²) in [6, 6.07) is 1.07. The van der Waals surface area contributed by atoms with E-state index < -0.39 is 12.0 Å². The van der Waals surface area contributed by atoms with Crippen molar-refractivity contribution in [3.05, 3.63) is 21.9 Å². The SMILES string of the molecule is CC1c2ccsc2CCN1C(=O)NC(C(=O)O)C1CC1. The smallest absolute Gasteiger partial charge is 0.326 e. The number of urea groups is 1. The number of thiophene rings is 1. The van der Waals surface area contributed by atoms with Crippen molar-refractivity contribution in [3.63, 3.8) is 0 Å². The number of aliphatic carboxylic acids is 1. The Morgan fingerprint density at radius 3 is 2.90 bits per heavy atom. The second kappa shape index (κ2) is 5.09. The van der Waals surface area contributed by atoms with Crippen molar-refractivity contribution >= 4 is 23.3 Å². The van der Waals surface area contributed by atoms with Crippen LogP contribution in [0.1, 0.15) is 36.2 Å². The van der Waals surface area contributed by atoms with Gasteiger partial charge < -0.3 is 15.3 Å². The number of carbonyl (C=O) groups excluding carboxylic acids is 1. The molecule has 5 nitrogen and oxygen atoms in total. The summed E-state index contributed by atoms with van der Waals surface area (Å²) in [5.74, 6) is -0.824. The fourth-order valence-electron chi connectivity index (χ4n) is 2.81. The Morgan fingerprint density at radius 1 is 1.50 bits per heavy atom. The molecule has 0 radical (unpaired) electrons. The van der Waals surface area contributed by atoms with Gasteiger partial charge in [0.15, 0.2) is 0 Å².